The van der Waals surface area contributed by atoms with Crippen LogP contribution >= 0.6 is 0 Å². The molecule has 38 heavy (non-hydrogen) atoms. The molecule has 4 rings (SSSR count). The summed E-state index contributed by atoms with van der Waals surface area (Å²) in [5, 5.41) is 17.4. The number of hydrogen-bond donors (Lipinski definition) is 2. The van der Waals surface area contributed by atoms with Gasteiger partial charge in [0.2, 0.25) is 0 Å². The highest BCUT2D eigenvalue weighted by atomic mass is 19.1. The number of esters is 1. The Labute approximate surface area is 219 Å². The SMILES string of the molecule is COc1ccc(CNC(=O)c2cc([N+](=O)[O-])ccc2NC2CCC(OC(=O)c3ccccc3)CC2)cc1F. The van der Waals surface area contributed by atoms with Gasteiger partial charge in [-0.15, -0.1) is 0 Å². The molecule has 0 spiro atoms. The summed E-state index contributed by atoms with van der Waals surface area (Å²) in [6, 6.07) is 17.2. The van der Waals surface area contributed by atoms with Gasteiger partial charge in [0.15, 0.2) is 11.6 Å². The Morgan fingerprint density at radius 3 is 2.42 bits per heavy atom. The van der Waals surface area contributed by atoms with Gasteiger partial charge in [0.05, 0.1) is 23.2 Å². The summed E-state index contributed by atoms with van der Waals surface area (Å²) in [5.74, 6) is -1.34. The minimum absolute atomic E-state index is 0.00892. The second-order valence-electron chi connectivity index (χ2n) is 9.03. The number of nitro benzene ring substituents is 1. The van der Waals surface area contributed by atoms with E-state index in [0.29, 0.717) is 42.5 Å². The van der Waals surface area contributed by atoms with Gasteiger partial charge in [0.1, 0.15) is 6.10 Å². The molecule has 0 bridgehead atoms. The van der Waals surface area contributed by atoms with Crippen molar-refractivity contribution in [1.82, 2.24) is 5.32 Å². The van der Waals surface area contributed by atoms with Gasteiger partial charge >= 0.3 is 5.97 Å². The molecule has 0 saturated heterocycles. The predicted octanol–water partition coefficient (Wildman–Crippen LogP) is 5.25. The van der Waals surface area contributed by atoms with Crippen LogP contribution < -0.4 is 15.4 Å². The molecule has 9 nitrogen and oxygen atoms in total. The summed E-state index contributed by atoms with van der Waals surface area (Å²) in [6.07, 6.45) is 2.47. The third-order valence-corrected chi connectivity index (χ3v) is 6.44. The van der Waals surface area contributed by atoms with Crippen LogP contribution in [0.3, 0.4) is 0 Å². The number of nitro groups is 1. The van der Waals surface area contributed by atoms with Crippen molar-refractivity contribution in [3.05, 3.63) is 99.4 Å². The number of amides is 1. The molecule has 10 heteroatoms. The summed E-state index contributed by atoms with van der Waals surface area (Å²) in [6.45, 7) is 0.0275. The van der Waals surface area contributed by atoms with Crippen molar-refractivity contribution in [3.63, 3.8) is 0 Å². The molecule has 3 aromatic carbocycles. The Hall–Kier alpha value is -4.47. The smallest absolute Gasteiger partial charge is 0.338 e. The van der Waals surface area contributed by atoms with Gasteiger partial charge in [-0.3, -0.25) is 14.9 Å². The minimum Gasteiger partial charge on any atom is -0.494 e. The topological polar surface area (TPSA) is 120 Å². The molecule has 1 saturated carbocycles. The summed E-state index contributed by atoms with van der Waals surface area (Å²) in [7, 11) is 1.36. The molecule has 198 valence electrons. The lowest BCUT2D eigenvalue weighted by Gasteiger charge is -2.30. The zero-order valence-electron chi connectivity index (χ0n) is 20.8. The molecule has 2 N–H and O–H groups in total. The molecular weight excluding hydrogens is 493 g/mol. The lowest BCUT2D eigenvalue weighted by atomic mass is 9.92. The van der Waals surface area contributed by atoms with E-state index in [1.165, 1.54) is 37.4 Å². The third kappa shape index (κ3) is 6.64. The molecule has 0 aliphatic heterocycles. The largest absolute Gasteiger partial charge is 0.494 e. The number of ether oxygens (including phenoxy) is 2. The number of carbonyl (C=O) groups excluding carboxylic acids is 2. The zero-order valence-corrected chi connectivity index (χ0v) is 20.8. The van der Waals surface area contributed by atoms with Gasteiger partial charge in [-0.2, -0.15) is 0 Å². The molecule has 1 aliphatic carbocycles. The molecule has 3 aromatic rings. The molecular formula is C28H28FN3O6. The summed E-state index contributed by atoms with van der Waals surface area (Å²) in [5.41, 5.74) is 1.38. The van der Waals surface area contributed by atoms with Gasteiger partial charge in [-0.1, -0.05) is 24.3 Å². The number of halogens is 1. The predicted molar refractivity (Wildman–Crippen MR) is 139 cm³/mol. The number of carbonyl (C=O) groups is 2. The molecule has 1 aliphatic rings. The first-order valence-corrected chi connectivity index (χ1v) is 12.3. The van der Waals surface area contributed by atoms with E-state index in [2.05, 4.69) is 10.6 Å². The number of anilines is 1. The highest BCUT2D eigenvalue weighted by molar-refractivity contribution is 6.00. The third-order valence-electron chi connectivity index (χ3n) is 6.44. The quantitative estimate of drug-likeness (QED) is 0.224. The fraction of sp³-hybridized carbons (Fsp3) is 0.286. The van der Waals surface area contributed by atoms with Crippen LogP contribution in [0.25, 0.3) is 0 Å². The number of nitrogens with zero attached hydrogens (tertiary/aromatic N) is 1. The second-order valence-corrected chi connectivity index (χ2v) is 9.03. The van der Waals surface area contributed by atoms with Crippen molar-refractivity contribution in [2.45, 2.75) is 44.4 Å². The van der Waals surface area contributed by atoms with Crippen molar-refractivity contribution in [3.8, 4) is 5.75 Å². The number of nitrogens with one attached hydrogen (secondary N) is 2. The fourth-order valence-corrected chi connectivity index (χ4v) is 4.40. The van der Waals surface area contributed by atoms with Crippen molar-refractivity contribution in [1.29, 1.82) is 0 Å². The fourth-order valence-electron chi connectivity index (χ4n) is 4.40. The highest BCUT2D eigenvalue weighted by Crippen LogP contribution is 2.28. The van der Waals surface area contributed by atoms with Crippen LogP contribution in [0, 0.1) is 15.9 Å². The summed E-state index contributed by atoms with van der Waals surface area (Å²) < 4.78 is 24.5. The Morgan fingerprint density at radius 2 is 1.76 bits per heavy atom. The van der Waals surface area contributed by atoms with Crippen molar-refractivity contribution in [2.75, 3.05) is 12.4 Å². The Bertz CT molecular complexity index is 1310. The van der Waals surface area contributed by atoms with Gasteiger partial charge in [-0.25, -0.2) is 9.18 Å². The first kappa shape index (κ1) is 26.6. The van der Waals surface area contributed by atoms with E-state index in [-0.39, 0.29) is 41.7 Å². The standard InChI is InChI=1S/C28H28FN3O6/c1-37-26-14-7-18(15-24(26)29)17-30-27(33)23-16-21(32(35)36)10-13-25(23)31-20-8-11-22(12-9-20)38-28(34)19-5-3-2-4-6-19/h2-7,10,13-16,20,22,31H,8-9,11-12,17H2,1H3,(H,30,33). The van der Waals surface area contributed by atoms with Crippen molar-refractivity contribution >= 4 is 23.3 Å². The normalized spacial score (nSPS) is 16.8. The molecule has 0 atom stereocenters. The minimum atomic E-state index is -0.564. The zero-order chi connectivity index (χ0) is 27.1. The number of non-ortho nitro benzene ring substituents is 1. The first-order valence-electron chi connectivity index (χ1n) is 12.3. The lowest BCUT2D eigenvalue weighted by molar-refractivity contribution is -0.384. The van der Waals surface area contributed by atoms with Crippen LogP contribution in [-0.4, -0.2) is 36.1 Å². The maximum absolute atomic E-state index is 14.0. The number of rotatable bonds is 9. The lowest BCUT2D eigenvalue weighted by Crippen LogP contribution is -2.32. The van der Waals surface area contributed by atoms with E-state index in [0.717, 1.165) is 0 Å². The monoisotopic (exact) mass is 521 g/mol. The van der Waals surface area contributed by atoms with Crippen LogP contribution in [0.5, 0.6) is 5.75 Å². The highest BCUT2D eigenvalue weighted by Gasteiger charge is 2.26. The molecule has 1 fully saturated rings. The first-order chi connectivity index (χ1) is 18.3. The summed E-state index contributed by atoms with van der Waals surface area (Å²) >= 11 is 0. The summed E-state index contributed by atoms with van der Waals surface area (Å²) in [4.78, 5) is 36.1. The van der Waals surface area contributed by atoms with Crippen LogP contribution in [0.4, 0.5) is 15.8 Å². The average Bonchev–Trinajstić information content (AvgIpc) is 2.93. The Balaban J connectivity index is 1.39. The number of benzene rings is 3. The van der Waals surface area contributed by atoms with Gasteiger partial charge in [-0.05, 0) is 61.6 Å². The molecule has 1 amide bonds. The molecule has 0 radical (unpaired) electrons. The van der Waals surface area contributed by atoms with E-state index in [4.69, 9.17) is 9.47 Å². The van der Waals surface area contributed by atoms with Crippen LogP contribution in [0.2, 0.25) is 0 Å². The van der Waals surface area contributed by atoms with E-state index < -0.39 is 16.6 Å². The second kappa shape index (κ2) is 12.2. The Morgan fingerprint density at radius 1 is 1.03 bits per heavy atom. The number of methoxy groups -OCH3 is 1. The van der Waals surface area contributed by atoms with Crippen molar-refractivity contribution < 1.29 is 28.4 Å². The van der Waals surface area contributed by atoms with E-state index >= 15 is 0 Å². The molecule has 0 aromatic heterocycles. The number of hydrogen-bond acceptors (Lipinski definition) is 7. The Kier molecular flexibility index (Phi) is 8.52. The van der Waals surface area contributed by atoms with Crippen LogP contribution in [-0.2, 0) is 11.3 Å². The molecule has 0 heterocycles. The van der Waals surface area contributed by atoms with Gasteiger partial charge < -0.3 is 20.1 Å². The van der Waals surface area contributed by atoms with Crippen LogP contribution in [0.1, 0.15) is 52.0 Å². The van der Waals surface area contributed by atoms with Crippen LogP contribution in [0.15, 0.2) is 66.7 Å². The molecule has 0 unspecified atom stereocenters. The maximum Gasteiger partial charge on any atom is 0.338 e. The maximum atomic E-state index is 14.0. The van der Waals surface area contributed by atoms with E-state index in [1.807, 2.05) is 6.07 Å². The van der Waals surface area contributed by atoms with Gasteiger partial charge in [0, 0.05) is 30.4 Å². The van der Waals surface area contributed by atoms with Crippen molar-refractivity contribution in [2.24, 2.45) is 0 Å². The van der Waals surface area contributed by atoms with E-state index in [9.17, 15) is 24.1 Å². The van der Waals surface area contributed by atoms with Gasteiger partial charge in [0.25, 0.3) is 11.6 Å². The van der Waals surface area contributed by atoms with E-state index in [1.54, 1.807) is 30.3 Å². The average molecular weight is 522 g/mol.